The summed E-state index contributed by atoms with van der Waals surface area (Å²) in [5.41, 5.74) is 1.34. The molecule has 1 aromatic carbocycles. The van der Waals surface area contributed by atoms with E-state index in [-0.39, 0.29) is 11.9 Å². The Morgan fingerprint density at radius 2 is 1.86 bits per heavy atom. The molecule has 0 aliphatic carbocycles. The molecule has 3 rings (SSSR count). The van der Waals surface area contributed by atoms with Crippen molar-refractivity contribution in [1.82, 2.24) is 15.1 Å². The van der Waals surface area contributed by atoms with Crippen LogP contribution in [0.2, 0.25) is 0 Å². The zero-order valence-electron chi connectivity index (χ0n) is 17.3. The zero-order valence-corrected chi connectivity index (χ0v) is 17.3. The predicted molar refractivity (Wildman–Crippen MR) is 112 cm³/mol. The average molecular weight is 387 g/mol. The van der Waals surface area contributed by atoms with Crippen LogP contribution in [0.5, 0.6) is 0 Å². The predicted octanol–water partition coefficient (Wildman–Crippen LogP) is 2.67. The fourth-order valence-corrected chi connectivity index (χ4v) is 4.25. The van der Waals surface area contributed by atoms with Crippen molar-refractivity contribution in [3.8, 4) is 0 Å². The highest BCUT2D eigenvalue weighted by atomic mass is 16.5. The Morgan fingerprint density at radius 3 is 2.46 bits per heavy atom. The van der Waals surface area contributed by atoms with Crippen molar-refractivity contribution in [3.63, 3.8) is 0 Å². The molecule has 1 unspecified atom stereocenters. The van der Waals surface area contributed by atoms with Crippen molar-refractivity contribution < 1.29 is 9.53 Å². The van der Waals surface area contributed by atoms with Crippen molar-refractivity contribution in [3.05, 3.63) is 35.9 Å². The van der Waals surface area contributed by atoms with Crippen LogP contribution in [0.1, 0.15) is 44.2 Å². The molecule has 6 nitrogen and oxygen atoms in total. The van der Waals surface area contributed by atoms with Crippen LogP contribution in [0.3, 0.4) is 0 Å². The van der Waals surface area contributed by atoms with Gasteiger partial charge >= 0.3 is 5.97 Å². The van der Waals surface area contributed by atoms with E-state index in [0.717, 1.165) is 58.1 Å². The lowest BCUT2D eigenvalue weighted by Gasteiger charge is -2.34. The fourth-order valence-electron chi connectivity index (χ4n) is 4.25. The first-order chi connectivity index (χ1) is 13.7. The summed E-state index contributed by atoms with van der Waals surface area (Å²) in [4.78, 5) is 21.7. The third kappa shape index (κ3) is 5.25. The Hall–Kier alpha value is -2.08. The van der Waals surface area contributed by atoms with Crippen LogP contribution in [-0.2, 0) is 9.53 Å². The van der Waals surface area contributed by atoms with Gasteiger partial charge in [-0.3, -0.25) is 14.7 Å². The van der Waals surface area contributed by atoms with Gasteiger partial charge in [0.05, 0.1) is 25.6 Å². The number of nitrogens with zero attached hydrogens (tertiary/aromatic N) is 3. The van der Waals surface area contributed by atoms with Gasteiger partial charge in [0.1, 0.15) is 0 Å². The van der Waals surface area contributed by atoms with Crippen LogP contribution < -0.4 is 5.32 Å². The number of aliphatic imine (C=N–C) groups is 1. The highest BCUT2D eigenvalue weighted by molar-refractivity contribution is 5.80. The summed E-state index contributed by atoms with van der Waals surface area (Å²) in [5, 5.41) is 3.45. The number of piperidine rings is 1. The molecule has 1 aromatic rings. The van der Waals surface area contributed by atoms with Gasteiger partial charge < -0.3 is 15.0 Å². The Morgan fingerprint density at radius 1 is 1.18 bits per heavy atom. The molecule has 0 radical (unpaired) electrons. The molecule has 1 N–H and O–H groups in total. The molecule has 0 aromatic heterocycles. The smallest absolute Gasteiger partial charge is 0.308 e. The minimum absolute atomic E-state index is 0.0193. The number of carbonyl (C=O) groups excluding carboxylic acids is 1. The summed E-state index contributed by atoms with van der Waals surface area (Å²) in [6.07, 6.45) is 4.19. The number of benzene rings is 1. The number of esters is 1. The minimum Gasteiger partial charge on any atom is -0.469 e. The van der Waals surface area contributed by atoms with Gasteiger partial charge in [-0.1, -0.05) is 30.3 Å². The van der Waals surface area contributed by atoms with Crippen molar-refractivity contribution in [2.24, 2.45) is 10.9 Å². The van der Waals surface area contributed by atoms with Gasteiger partial charge in [-0.25, -0.2) is 0 Å². The second-order valence-corrected chi connectivity index (χ2v) is 7.65. The summed E-state index contributed by atoms with van der Waals surface area (Å²) in [6, 6.07) is 11.1. The Labute approximate surface area is 168 Å². The Balaban J connectivity index is 1.69. The van der Waals surface area contributed by atoms with Gasteiger partial charge in [0.2, 0.25) is 0 Å². The molecule has 2 aliphatic rings. The van der Waals surface area contributed by atoms with Crippen LogP contribution in [0, 0.1) is 5.92 Å². The number of likely N-dealkylation sites (tertiary alicyclic amines) is 2. The second-order valence-electron chi connectivity index (χ2n) is 7.65. The van der Waals surface area contributed by atoms with Crippen molar-refractivity contribution >= 4 is 11.9 Å². The van der Waals surface area contributed by atoms with E-state index in [1.54, 1.807) is 0 Å². The van der Waals surface area contributed by atoms with E-state index in [1.165, 1.54) is 25.5 Å². The van der Waals surface area contributed by atoms with E-state index >= 15 is 0 Å². The normalized spacial score (nSPS) is 20.2. The van der Waals surface area contributed by atoms with E-state index < -0.39 is 0 Å². The van der Waals surface area contributed by atoms with Gasteiger partial charge in [0.15, 0.2) is 5.96 Å². The summed E-state index contributed by atoms with van der Waals surface area (Å²) < 4.78 is 4.91. The SMILES string of the molecule is CCNC(=NCC(c1ccccc1)N1CCCC1)N1CCC(C(=O)OC)CC1. The molecule has 28 heavy (non-hydrogen) atoms. The molecule has 2 saturated heterocycles. The van der Waals surface area contributed by atoms with Crippen LogP contribution in [0.15, 0.2) is 35.3 Å². The van der Waals surface area contributed by atoms with Gasteiger partial charge in [-0.05, 0) is 51.3 Å². The first-order valence-electron chi connectivity index (χ1n) is 10.6. The molecule has 2 fully saturated rings. The molecular weight excluding hydrogens is 352 g/mol. The Kier molecular flexibility index (Phi) is 7.71. The zero-order chi connectivity index (χ0) is 19.8. The highest BCUT2D eigenvalue weighted by Crippen LogP contribution is 2.26. The maximum atomic E-state index is 11.8. The molecule has 0 bridgehead atoms. The van der Waals surface area contributed by atoms with Crippen LogP contribution in [0.25, 0.3) is 0 Å². The molecule has 0 amide bonds. The quantitative estimate of drug-likeness (QED) is 0.463. The molecular formula is C22H34N4O2. The first-order valence-corrected chi connectivity index (χ1v) is 10.6. The lowest BCUT2D eigenvalue weighted by atomic mass is 9.97. The maximum absolute atomic E-state index is 11.8. The van der Waals surface area contributed by atoms with Gasteiger partial charge in [-0.2, -0.15) is 0 Å². The van der Waals surface area contributed by atoms with Gasteiger partial charge in [0, 0.05) is 19.6 Å². The topological polar surface area (TPSA) is 57.2 Å². The number of rotatable bonds is 6. The molecule has 6 heteroatoms. The van der Waals surface area contributed by atoms with E-state index in [4.69, 9.17) is 9.73 Å². The molecule has 1 atom stereocenters. The van der Waals surface area contributed by atoms with Crippen LogP contribution >= 0.6 is 0 Å². The van der Waals surface area contributed by atoms with Crippen LogP contribution in [0.4, 0.5) is 0 Å². The van der Waals surface area contributed by atoms with Crippen molar-refractivity contribution in [1.29, 1.82) is 0 Å². The number of guanidine groups is 1. The molecule has 154 valence electrons. The Bertz CT molecular complexity index is 635. The van der Waals surface area contributed by atoms with Gasteiger partial charge in [-0.15, -0.1) is 0 Å². The van der Waals surface area contributed by atoms with E-state index in [0.29, 0.717) is 6.04 Å². The third-order valence-corrected chi connectivity index (χ3v) is 5.84. The van der Waals surface area contributed by atoms with Gasteiger partial charge in [0.25, 0.3) is 0 Å². The molecule has 2 aliphatic heterocycles. The molecule has 0 saturated carbocycles. The van der Waals surface area contributed by atoms with E-state index in [9.17, 15) is 4.79 Å². The van der Waals surface area contributed by atoms with E-state index in [1.807, 2.05) is 0 Å². The molecule has 0 spiro atoms. The first kappa shape index (κ1) is 20.6. The summed E-state index contributed by atoms with van der Waals surface area (Å²) >= 11 is 0. The lowest BCUT2D eigenvalue weighted by molar-refractivity contribution is -0.146. The number of hydrogen-bond acceptors (Lipinski definition) is 4. The maximum Gasteiger partial charge on any atom is 0.308 e. The highest BCUT2D eigenvalue weighted by Gasteiger charge is 2.28. The third-order valence-electron chi connectivity index (χ3n) is 5.84. The van der Waals surface area contributed by atoms with E-state index in [2.05, 4.69) is 52.4 Å². The minimum atomic E-state index is -0.0836. The number of nitrogens with one attached hydrogen (secondary N) is 1. The fraction of sp³-hybridized carbons (Fsp3) is 0.636. The average Bonchev–Trinajstić information content (AvgIpc) is 3.28. The lowest BCUT2D eigenvalue weighted by Crippen LogP contribution is -2.47. The second kappa shape index (κ2) is 10.5. The molecule has 2 heterocycles. The monoisotopic (exact) mass is 386 g/mol. The van der Waals surface area contributed by atoms with Crippen molar-refractivity contribution in [2.75, 3.05) is 46.4 Å². The summed E-state index contributed by atoms with van der Waals surface area (Å²) in [6.45, 7) is 7.67. The summed E-state index contributed by atoms with van der Waals surface area (Å²) in [7, 11) is 1.47. The standard InChI is InChI=1S/C22H34N4O2/c1-3-23-22(26-15-11-19(12-16-26)21(27)28-2)24-17-20(25-13-7-8-14-25)18-9-5-4-6-10-18/h4-6,9-10,19-20H,3,7-8,11-17H2,1-2H3,(H,23,24). The van der Waals surface area contributed by atoms with Crippen LogP contribution in [-0.4, -0.2) is 68.1 Å². The summed E-state index contributed by atoms with van der Waals surface area (Å²) in [5.74, 6) is 0.900. The number of ether oxygens (including phenoxy) is 1. The van der Waals surface area contributed by atoms with Crippen molar-refractivity contribution in [2.45, 2.75) is 38.6 Å². The number of carbonyl (C=O) groups is 1. The largest absolute Gasteiger partial charge is 0.469 e. The number of methoxy groups -OCH3 is 1. The number of hydrogen-bond donors (Lipinski definition) is 1.